The summed E-state index contributed by atoms with van der Waals surface area (Å²) in [7, 11) is 0. The fourth-order valence-corrected chi connectivity index (χ4v) is 3.96. The Morgan fingerprint density at radius 3 is 2.95 bits per heavy atom. The number of carbonyl (C=O) groups is 1. The molecule has 1 aliphatic rings. The maximum Gasteiger partial charge on any atom is 0.265 e. The monoisotopic (exact) mass is 344 g/mol. The number of carbonyl (C=O) groups excluding carboxylic acids is 1. The average molecular weight is 345 g/mol. The van der Waals surface area contributed by atoms with Crippen molar-refractivity contribution in [1.82, 2.24) is 10.2 Å². The normalized spacial score (nSPS) is 19.7. The summed E-state index contributed by atoms with van der Waals surface area (Å²) < 4.78 is 0.912. The van der Waals surface area contributed by atoms with Gasteiger partial charge in [-0.15, -0.1) is 11.3 Å². The first kappa shape index (κ1) is 15.0. The van der Waals surface area contributed by atoms with Crippen LogP contribution in [0.2, 0.25) is 0 Å². The minimum atomic E-state index is 0.155. The molecule has 1 aromatic rings. The number of hydrogen-bond donors (Lipinski definition) is 1. The number of hydrogen-bond acceptors (Lipinski definition) is 3. The van der Waals surface area contributed by atoms with E-state index in [0.717, 1.165) is 29.0 Å². The van der Waals surface area contributed by atoms with Gasteiger partial charge < -0.3 is 10.2 Å². The average Bonchev–Trinajstić information content (AvgIpc) is 2.82. The molecular formula is C14H21BrN2OS. The first-order chi connectivity index (χ1) is 9.09. The number of amides is 1. The zero-order valence-electron chi connectivity index (χ0n) is 11.5. The molecule has 0 spiro atoms. The Hall–Kier alpha value is -0.390. The molecule has 106 valence electrons. The maximum atomic E-state index is 12.6. The van der Waals surface area contributed by atoms with Crippen molar-refractivity contribution in [2.24, 2.45) is 5.92 Å². The third-order valence-corrected chi connectivity index (χ3v) is 5.38. The fraction of sp³-hybridized carbons (Fsp3) is 0.643. The van der Waals surface area contributed by atoms with Crippen molar-refractivity contribution in [2.45, 2.75) is 32.7 Å². The quantitative estimate of drug-likeness (QED) is 0.908. The standard InChI is InChI=1S/C14H21BrN2OS/c1-10(2)17(9-11-4-3-6-16-8-11)14(18)13-12(15)5-7-19-13/h5,7,10-11,16H,3-4,6,8-9H2,1-2H3. The molecule has 1 amide bonds. The second-order valence-electron chi connectivity index (χ2n) is 5.36. The lowest BCUT2D eigenvalue weighted by Gasteiger charge is -2.32. The lowest BCUT2D eigenvalue weighted by atomic mass is 9.98. The van der Waals surface area contributed by atoms with Crippen molar-refractivity contribution in [3.8, 4) is 0 Å². The van der Waals surface area contributed by atoms with Gasteiger partial charge in [0.1, 0.15) is 4.88 Å². The van der Waals surface area contributed by atoms with E-state index in [2.05, 4.69) is 35.1 Å². The highest BCUT2D eigenvalue weighted by atomic mass is 79.9. The van der Waals surface area contributed by atoms with Crippen molar-refractivity contribution >= 4 is 33.2 Å². The number of piperidine rings is 1. The number of halogens is 1. The summed E-state index contributed by atoms with van der Waals surface area (Å²) in [5.74, 6) is 0.737. The summed E-state index contributed by atoms with van der Waals surface area (Å²) in [5.41, 5.74) is 0. The van der Waals surface area contributed by atoms with Gasteiger partial charge in [-0.1, -0.05) is 0 Å². The third-order valence-electron chi connectivity index (χ3n) is 3.55. The summed E-state index contributed by atoms with van der Waals surface area (Å²) in [5, 5.41) is 5.38. The van der Waals surface area contributed by atoms with Crippen LogP contribution in [-0.2, 0) is 0 Å². The molecule has 1 fully saturated rings. The Labute approximate surface area is 127 Å². The van der Waals surface area contributed by atoms with Gasteiger partial charge in [0.2, 0.25) is 0 Å². The molecule has 1 atom stereocenters. The summed E-state index contributed by atoms with van der Waals surface area (Å²) in [6, 6.07) is 2.18. The zero-order chi connectivity index (χ0) is 13.8. The van der Waals surface area contributed by atoms with Gasteiger partial charge in [0.05, 0.1) is 0 Å². The van der Waals surface area contributed by atoms with Crippen molar-refractivity contribution in [3.63, 3.8) is 0 Å². The van der Waals surface area contributed by atoms with Crippen LogP contribution in [0, 0.1) is 5.92 Å². The molecule has 19 heavy (non-hydrogen) atoms. The van der Waals surface area contributed by atoms with Crippen molar-refractivity contribution in [3.05, 3.63) is 20.8 Å². The van der Waals surface area contributed by atoms with Crippen LogP contribution in [0.3, 0.4) is 0 Å². The van der Waals surface area contributed by atoms with Crippen LogP contribution in [0.15, 0.2) is 15.9 Å². The molecule has 1 saturated heterocycles. The molecule has 3 nitrogen and oxygen atoms in total. The van der Waals surface area contributed by atoms with E-state index < -0.39 is 0 Å². The smallest absolute Gasteiger partial charge is 0.265 e. The molecule has 2 rings (SSSR count). The molecular weight excluding hydrogens is 324 g/mol. The number of nitrogens with one attached hydrogen (secondary N) is 1. The third kappa shape index (κ3) is 3.80. The van der Waals surface area contributed by atoms with E-state index in [1.54, 1.807) is 0 Å². The lowest BCUT2D eigenvalue weighted by Crippen LogP contribution is -2.44. The molecule has 0 radical (unpaired) electrons. The van der Waals surface area contributed by atoms with E-state index in [9.17, 15) is 4.79 Å². The lowest BCUT2D eigenvalue weighted by molar-refractivity contribution is 0.0665. The molecule has 0 aromatic carbocycles. The van der Waals surface area contributed by atoms with E-state index in [4.69, 9.17) is 0 Å². The number of thiophene rings is 1. The summed E-state index contributed by atoms with van der Waals surface area (Å²) in [6.45, 7) is 7.18. The second kappa shape index (κ2) is 6.86. The molecule has 1 N–H and O–H groups in total. The van der Waals surface area contributed by atoms with Crippen LogP contribution in [-0.4, -0.2) is 36.5 Å². The molecule has 0 saturated carbocycles. The molecule has 0 aliphatic carbocycles. The van der Waals surface area contributed by atoms with Crippen LogP contribution in [0.1, 0.15) is 36.4 Å². The number of rotatable bonds is 4. The van der Waals surface area contributed by atoms with Gasteiger partial charge in [0, 0.05) is 17.1 Å². The Bertz CT molecular complexity index is 427. The molecule has 1 aromatic heterocycles. The van der Waals surface area contributed by atoms with Gasteiger partial charge in [0.15, 0.2) is 0 Å². The van der Waals surface area contributed by atoms with E-state index in [-0.39, 0.29) is 11.9 Å². The molecule has 0 bridgehead atoms. The highest BCUT2D eigenvalue weighted by Gasteiger charge is 2.25. The van der Waals surface area contributed by atoms with Crippen molar-refractivity contribution in [2.75, 3.05) is 19.6 Å². The first-order valence-corrected chi connectivity index (χ1v) is 8.51. The van der Waals surface area contributed by atoms with Gasteiger partial charge in [-0.2, -0.15) is 0 Å². The number of nitrogens with zero attached hydrogens (tertiary/aromatic N) is 1. The predicted octanol–water partition coefficient (Wildman–Crippen LogP) is 3.36. The Morgan fingerprint density at radius 1 is 1.63 bits per heavy atom. The Balaban J connectivity index is 2.07. The fourth-order valence-electron chi connectivity index (χ4n) is 2.46. The van der Waals surface area contributed by atoms with E-state index in [1.165, 1.54) is 24.2 Å². The van der Waals surface area contributed by atoms with E-state index in [1.807, 2.05) is 16.3 Å². The topological polar surface area (TPSA) is 32.3 Å². The Kier molecular flexibility index (Phi) is 5.42. The molecule has 1 aliphatic heterocycles. The van der Waals surface area contributed by atoms with E-state index in [0.29, 0.717) is 5.92 Å². The predicted molar refractivity (Wildman–Crippen MR) is 83.8 cm³/mol. The minimum absolute atomic E-state index is 0.155. The molecule has 1 unspecified atom stereocenters. The van der Waals surface area contributed by atoms with Crippen LogP contribution in [0.25, 0.3) is 0 Å². The summed E-state index contributed by atoms with van der Waals surface area (Å²) >= 11 is 4.97. The molecule has 5 heteroatoms. The van der Waals surface area contributed by atoms with Crippen molar-refractivity contribution in [1.29, 1.82) is 0 Å². The summed E-state index contributed by atoms with van der Waals surface area (Å²) in [4.78, 5) is 15.5. The van der Waals surface area contributed by atoms with Crippen LogP contribution >= 0.6 is 27.3 Å². The SMILES string of the molecule is CC(C)N(CC1CCCNC1)C(=O)c1sccc1Br. The minimum Gasteiger partial charge on any atom is -0.335 e. The maximum absolute atomic E-state index is 12.6. The van der Waals surface area contributed by atoms with Gasteiger partial charge in [0.25, 0.3) is 5.91 Å². The molecule has 2 heterocycles. The van der Waals surface area contributed by atoms with Gasteiger partial charge in [-0.3, -0.25) is 4.79 Å². The van der Waals surface area contributed by atoms with Gasteiger partial charge in [-0.25, -0.2) is 0 Å². The summed E-state index contributed by atoms with van der Waals surface area (Å²) in [6.07, 6.45) is 2.43. The van der Waals surface area contributed by atoms with Crippen molar-refractivity contribution < 1.29 is 4.79 Å². The van der Waals surface area contributed by atoms with Gasteiger partial charge >= 0.3 is 0 Å². The zero-order valence-corrected chi connectivity index (χ0v) is 13.9. The second-order valence-corrected chi connectivity index (χ2v) is 7.13. The first-order valence-electron chi connectivity index (χ1n) is 6.84. The van der Waals surface area contributed by atoms with Crippen LogP contribution < -0.4 is 5.32 Å². The van der Waals surface area contributed by atoms with Crippen LogP contribution in [0.5, 0.6) is 0 Å². The van der Waals surface area contributed by atoms with E-state index >= 15 is 0 Å². The largest absolute Gasteiger partial charge is 0.335 e. The van der Waals surface area contributed by atoms with Gasteiger partial charge in [-0.05, 0) is 73.1 Å². The highest BCUT2D eigenvalue weighted by molar-refractivity contribution is 9.10. The Morgan fingerprint density at radius 2 is 2.42 bits per heavy atom. The van der Waals surface area contributed by atoms with Crippen LogP contribution in [0.4, 0.5) is 0 Å². The highest BCUT2D eigenvalue weighted by Crippen LogP contribution is 2.26.